The van der Waals surface area contributed by atoms with Gasteiger partial charge in [0.15, 0.2) is 0 Å². The van der Waals surface area contributed by atoms with Crippen LogP contribution >= 0.6 is 11.6 Å². The Hall–Kier alpha value is -5.73. The molecule has 4 aromatic rings. The molecule has 14 heteroatoms. The molecule has 0 radical (unpaired) electrons. The molecule has 4 aromatic carbocycles. The van der Waals surface area contributed by atoms with Crippen LogP contribution in [0.2, 0.25) is 0 Å². The Balaban J connectivity index is 1.38. The van der Waals surface area contributed by atoms with E-state index in [0.29, 0.717) is 54.3 Å². The van der Waals surface area contributed by atoms with Crippen molar-refractivity contribution in [3.05, 3.63) is 143 Å². The van der Waals surface area contributed by atoms with Gasteiger partial charge in [0.2, 0.25) is 5.79 Å². The second-order valence-corrected chi connectivity index (χ2v) is 17.3. The number of amides is 1. The number of nitrogens with zero attached hydrogens (tertiary/aromatic N) is 3. The van der Waals surface area contributed by atoms with Crippen molar-refractivity contribution in [2.75, 3.05) is 38.9 Å². The van der Waals surface area contributed by atoms with Gasteiger partial charge in [-0.2, -0.15) is 0 Å². The highest BCUT2D eigenvalue weighted by Crippen LogP contribution is 2.62. The fourth-order valence-corrected chi connectivity index (χ4v) is 9.99. The number of non-ortho nitro benzene ring substituents is 1. The van der Waals surface area contributed by atoms with Crippen molar-refractivity contribution >= 4 is 29.1 Å². The molecule has 0 bridgehead atoms. The predicted octanol–water partition coefficient (Wildman–Crippen LogP) is 11.0. The van der Waals surface area contributed by atoms with Crippen molar-refractivity contribution in [1.82, 2.24) is 4.90 Å². The van der Waals surface area contributed by atoms with Gasteiger partial charge in [0, 0.05) is 49.8 Å². The monoisotopic (exact) mass is 921 g/mol. The summed E-state index contributed by atoms with van der Waals surface area (Å²) in [5, 5.41) is 36.2. The van der Waals surface area contributed by atoms with E-state index >= 15 is 0 Å². The molecule has 2 aliphatic carbocycles. The second-order valence-electron chi connectivity index (χ2n) is 17.0. The number of oxime groups is 1. The Kier molecular flexibility index (Phi) is 16.9. The number of carbonyl (C=O) groups is 1. The minimum atomic E-state index is -1.47. The van der Waals surface area contributed by atoms with E-state index in [1.54, 1.807) is 23.1 Å². The molecule has 13 nitrogen and oxygen atoms in total. The number of unbranched alkanes of at least 4 members (excludes halogenated alkanes) is 2. The summed E-state index contributed by atoms with van der Waals surface area (Å²) in [5.74, 6) is -0.257. The van der Waals surface area contributed by atoms with E-state index in [9.17, 15) is 25.1 Å². The smallest absolute Gasteiger partial charge is 0.410 e. The Bertz CT molecular complexity index is 2310. The van der Waals surface area contributed by atoms with E-state index < -0.39 is 28.8 Å². The number of aliphatic hydroxyl groups excluding tert-OH is 2. The minimum absolute atomic E-state index is 0.00241. The van der Waals surface area contributed by atoms with Crippen LogP contribution in [0.1, 0.15) is 75.3 Å². The van der Waals surface area contributed by atoms with Crippen molar-refractivity contribution in [2.24, 2.45) is 22.9 Å². The van der Waals surface area contributed by atoms with E-state index in [1.165, 1.54) is 12.1 Å². The number of nitro benzene ring substituents is 1. The molecule has 7 rings (SSSR count). The maximum absolute atomic E-state index is 14.2. The van der Waals surface area contributed by atoms with E-state index in [2.05, 4.69) is 30.9 Å². The van der Waals surface area contributed by atoms with Gasteiger partial charge in [-0.3, -0.25) is 15.0 Å². The number of aliphatic hydroxyl groups is 2. The first-order valence-electron chi connectivity index (χ1n) is 23.0. The van der Waals surface area contributed by atoms with Crippen LogP contribution in [0, 0.1) is 27.9 Å². The average molecular weight is 923 g/mol. The highest BCUT2D eigenvalue weighted by molar-refractivity contribution is 6.18. The first-order valence-corrected chi connectivity index (χ1v) is 23.5. The van der Waals surface area contributed by atoms with Crippen LogP contribution in [0.15, 0.2) is 127 Å². The van der Waals surface area contributed by atoms with E-state index in [4.69, 9.17) is 40.5 Å². The van der Waals surface area contributed by atoms with Crippen LogP contribution in [0.4, 0.5) is 10.5 Å². The first kappa shape index (κ1) is 48.2. The van der Waals surface area contributed by atoms with Crippen LogP contribution in [0.3, 0.4) is 0 Å². The molecule has 1 saturated carbocycles. The third-order valence-corrected chi connectivity index (χ3v) is 12.9. The lowest BCUT2D eigenvalue weighted by molar-refractivity contribution is -0.384. The van der Waals surface area contributed by atoms with Gasteiger partial charge in [-0.25, -0.2) is 4.79 Å². The van der Waals surface area contributed by atoms with Gasteiger partial charge in [-0.05, 0) is 109 Å². The number of alkyl halides is 1. The molecule has 0 spiro atoms. The van der Waals surface area contributed by atoms with E-state index in [-0.39, 0.29) is 68.8 Å². The molecule has 1 heterocycles. The molecule has 1 amide bonds. The molecule has 0 saturated heterocycles. The molecular formula is C52H60ClN3O10. The van der Waals surface area contributed by atoms with Crippen molar-refractivity contribution in [3.8, 4) is 28.4 Å². The lowest BCUT2D eigenvalue weighted by Crippen LogP contribution is -2.70. The number of fused-ring (bicyclic) bond motifs is 2. The fraction of sp³-hybridized carbons (Fsp3) is 0.423. The molecule has 2 N–H and O–H groups in total. The summed E-state index contributed by atoms with van der Waals surface area (Å²) in [6, 6.07) is 29.4. The summed E-state index contributed by atoms with van der Waals surface area (Å²) >= 11 is 6.05. The topological polar surface area (TPSA) is 162 Å². The summed E-state index contributed by atoms with van der Waals surface area (Å²) in [5.41, 5.74) is 5.24. The number of hydrogen-bond acceptors (Lipinski definition) is 11. The predicted molar refractivity (Wildman–Crippen MR) is 254 cm³/mol. The highest BCUT2D eigenvalue weighted by atomic mass is 35.5. The Morgan fingerprint density at radius 1 is 0.970 bits per heavy atom. The summed E-state index contributed by atoms with van der Waals surface area (Å²) in [6.45, 7) is 6.61. The number of benzene rings is 4. The molecule has 0 aromatic heterocycles. The molecule has 6 atom stereocenters. The van der Waals surface area contributed by atoms with E-state index in [0.717, 1.165) is 47.9 Å². The molecule has 350 valence electrons. The SMILES string of the molecule is C=CCOC12Oc3ccc(Oc4ccc(-c5ccccc5)cc4)cc3C3C(CCCCO)C(CCCCO)C=C(C(=NOCc4ccc([N+](=O)[O-])cc4)CC1N(CCC)C(=O)OCCCl)C32. The van der Waals surface area contributed by atoms with Crippen molar-refractivity contribution in [3.63, 3.8) is 0 Å². The second kappa shape index (κ2) is 23.1. The quantitative estimate of drug-likeness (QED) is 0.0241. The number of rotatable bonds is 23. The summed E-state index contributed by atoms with van der Waals surface area (Å²) in [4.78, 5) is 33.0. The molecule has 1 fully saturated rings. The molecule has 6 unspecified atom stereocenters. The zero-order valence-corrected chi connectivity index (χ0v) is 38.2. The molecule has 1 aliphatic heterocycles. The van der Waals surface area contributed by atoms with Crippen molar-refractivity contribution < 1.29 is 43.7 Å². The number of ether oxygens (including phenoxy) is 4. The van der Waals surface area contributed by atoms with Crippen LogP contribution in [-0.2, 0) is 20.9 Å². The van der Waals surface area contributed by atoms with Crippen LogP contribution in [-0.4, -0.2) is 82.5 Å². The van der Waals surface area contributed by atoms with Gasteiger partial charge < -0.3 is 34.0 Å². The Labute approximate surface area is 391 Å². The third-order valence-electron chi connectivity index (χ3n) is 12.8. The van der Waals surface area contributed by atoms with Gasteiger partial charge >= 0.3 is 6.09 Å². The summed E-state index contributed by atoms with van der Waals surface area (Å²) in [7, 11) is 0. The number of hydrogen-bond donors (Lipinski definition) is 2. The lowest BCUT2D eigenvalue weighted by Gasteiger charge is -2.59. The summed E-state index contributed by atoms with van der Waals surface area (Å²) < 4.78 is 26.7. The van der Waals surface area contributed by atoms with Gasteiger partial charge in [-0.1, -0.05) is 79.5 Å². The normalized spacial score (nSPS) is 22.3. The maximum Gasteiger partial charge on any atom is 0.410 e. The number of halogens is 1. The van der Waals surface area contributed by atoms with Crippen LogP contribution in [0.25, 0.3) is 11.1 Å². The van der Waals surface area contributed by atoms with Crippen molar-refractivity contribution in [2.45, 2.75) is 82.6 Å². The Morgan fingerprint density at radius 3 is 2.36 bits per heavy atom. The number of carbonyl (C=O) groups excluding carboxylic acids is 1. The minimum Gasteiger partial charge on any atom is -0.459 e. The maximum atomic E-state index is 14.2. The molecule has 66 heavy (non-hydrogen) atoms. The van der Waals surface area contributed by atoms with Crippen LogP contribution < -0.4 is 9.47 Å². The van der Waals surface area contributed by atoms with Gasteiger partial charge in [0.05, 0.1) is 29.0 Å². The lowest BCUT2D eigenvalue weighted by atomic mass is 9.55. The zero-order valence-electron chi connectivity index (χ0n) is 37.5. The summed E-state index contributed by atoms with van der Waals surface area (Å²) in [6.07, 6.45) is 8.53. The standard InChI is InChI=1S/C52H60ClN3O10/c1-3-27-55(51(59)62-31-26-53)48-34-46(54-64-35-36-16-20-40(21-17-36)56(60)61)44-32-39(14-8-10-28-57)43(15-9-11-29-58)49-45-33-42(24-25-47(45)66-52(48,50(44)49)63-30-4-2)65-41-22-18-38(19-23-41)37-12-6-5-7-13-37/h4-7,12-13,16-25,32-33,39,43,48-50,57-58H,2-3,8-11,14-15,26-31,34-35H2,1H3. The zero-order chi connectivity index (χ0) is 46.5. The molecule has 3 aliphatic rings. The third kappa shape index (κ3) is 10.9. The van der Waals surface area contributed by atoms with Gasteiger partial charge in [-0.15, -0.1) is 18.2 Å². The average Bonchev–Trinajstić information content (AvgIpc) is 3.34. The van der Waals surface area contributed by atoms with Gasteiger partial charge in [0.25, 0.3) is 5.69 Å². The number of nitro groups is 1. The van der Waals surface area contributed by atoms with Crippen LogP contribution in [0.5, 0.6) is 17.2 Å². The van der Waals surface area contributed by atoms with E-state index in [1.807, 2.05) is 61.5 Å². The largest absolute Gasteiger partial charge is 0.459 e. The Morgan fingerprint density at radius 2 is 1.68 bits per heavy atom. The van der Waals surface area contributed by atoms with Crippen molar-refractivity contribution in [1.29, 1.82) is 0 Å². The fourth-order valence-electron chi connectivity index (χ4n) is 9.92. The molecular weight excluding hydrogens is 862 g/mol. The first-order chi connectivity index (χ1) is 32.2. The van der Waals surface area contributed by atoms with Gasteiger partial charge in [0.1, 0.15) is 36.5 Å². The highest BCUT2D eigenvalue weighted by Gasteiger charge is 2.65. The number of allylic oxidation sites excluding steroid dienone is 1.